The van der Waals surface area contributed by atoms with E-state index < -0.39 is 0 Å². The van der Waals surface area contributed by atoms with Crippen LogP contribution in [0.2, 0.25) is 0 Å². The van der Waals surface area contributed by atoms with Crippen molar-refractivity contribution in [1.29, 1.82) is 0 Å². The molecule has 0 saturated heterocycles. The van der Waals surface area contributed by atoms with Gasteiger partial charge in [-0.3, -0.25) is 4.79 Å². The van der Waals surface area contributed by atoms with E-state index in [-0.39, 0.29) is 11.9 Å². The van der Waals surface area contributed by atoms with E-state index in [0.717, 1.165) is 12.8 Å². The van der Waals surface area contributed by atoms with Gasteiger partial charge in [0.25, 0.3) is 0 Å². The van der Waals surface area contributed by atoms with Gasteiger partial charge >= 0.3 is 5.97 Å². The Labute approximate surface area is 126 Å². The molecule has 21 heavy (non-hydrogen) atoms. The van der Waals surface area contributed by atoms with E-state index in [4.69, 9.17) is 4.74 Å². The van der Waals surface area contributed by atoms with Crippen molar-refractivity contribution in [1.82, 2.24) is 0 Å². The monoisotopic (exact) mass is 282 g/mol. The molecule has 0 spiro atoms. The predicted molar refractivity (Wildman–Crippen MR) is 85.3 cm³/mol. The molecule has 2 aromatic carbocycles. The Morgan fingerprint density at radius 3 is 2.38 bits per heavy atom. The van der Waals surface area contributed by atoms with Crippen LogP contribution in [-0.4, -0.2) is 12.6 Å². The van der Waals surface area contributed by atoms with Crippen LogP contribution in [0.5, 0.6) is 0 Å². The fraction of sp³-hybridized carbons (Fsp3) is 0.316. The van der Waals surface area contributed by atoms with Gasteiger partial charge in [-0.25, -0.2) is 0 Å². The second kappa shape index (κ2) is 7.63. The highest BCUT2D eigenvalue weighted by Crippen LogP contribution is 2.18. The standard InChI is InChI=1S/C19H22O2/c1-15(14-21-16(2)20)19-10-6-9-18(13-19)12-11-17-7-4-3-5-8-17/h3-10,13,15H,11-12,14H2,1-2H3. The predicted octanol–water partition coefficient (Wildman–Crippen LogP) is 4.14. The number of hydrogen-bond donors (Lipinski definition) is 0. The number of aryl methyl sites for hydroxylation is 2. The Morgan fingerprint density at radius 1 is 1.00 bits per heavy atom. The zero-order chi connectivity index (χ0) is 15.1. The second-order valence-electron chi connectivity index (χ2n) is 5.43. The van der Waals surface area contributed by atoms with Crippen LogP contribution >= 0.6 is 0 Å². The van der Waals surface area contributed by atoms with Gasteiger partial charge in [-0.15, -0.1) is 0 Å². The van der Waals surface area contributed by atoms with Gasteiger partial charge < -0.3 is 4.74 Å². The Morgan fingerprint density at radius 2 is 1.67 bits per heavy atom. The number of carbonyl (C=O) groups is 1. The van der Waals surface area contributed by atoms with Crippen molar-refractivity contribution in [2.75, 3.05) is 6.61 Å². The molecule has 0 saturated carbocycles. The third kappa shape index (κ3) is 5.07. The summed E-state index contributed by atoms with van der Waals surface area (Å²) in [4.78, 5) is 10.9. The van der Waals surface area contributed by atoms with Crippen LogP contribution in [0.4, 0.5) is 0 Å². The summed E-state index contributed by atoms with van der Waals surface area (Å²) in [5, 5.41) is 0. The summed E-state index contributed by atoms with van der Waals surface area (Å²) in [5.74, 6) is 0.00709. The molecule has 1 unspecified atom stereocenters. The summed E-state index contributed by atoms with van der Waals surface area (Å²) in [6.45, 7) is 3.97. The van der Waals surface area contributed by atoms with Gasteiger partial charge in [0.15, 0.2) is 0 Å². The van der Waals surface area contributed by atoms with Crippen LogP contribution in [0.3, 0.4) is 0 Å². The smallest absolute Gasteiger partial charge is 0.302 e. The molecule has 0 radical (unpaired) electrons. The van der Waals surface area contributed by atoms with E-state index >= 15 is 0 Å². The molecule has 0 N–H and O–H groups in total. The van der Waals surface area contributed by atoms with Crippen molar-refractivity contribution in [2.45, 2.75) is 32.6 Å². The quantitative estimate of drug-likeness (QED) is 0.744. The van der Waals surface area contributed by atoms with Crippen molar-refractivity contribution in [3.05, 3.63) is 71.3 Å². The van der Waals surface area contributed by atoms with Crippen LogP contribution < -0.4 is 0 Å². The number of carbonyl (C=O) groups excluding carboxylic acids is 1. The van der Waals surface area contributed by atoms with Crippen molar-refractivity contribution in [3.63, 3.8) is 0 Å². The van der Waals surface area contributed by atoms with Crippen LogP contribution in [-0.2, 0) is 22.4 Å². The van der Waals surface area contributed by atoms with Crippen LogP contribution in [0.1, 0.15) is 36.5 Å². The van der Waals surface area contributed by atoms with Crippen molar-refractivity contribution in [3.8, 4) is 0 Å². The summed E-state index contributed by atoms with van der Waals surface area (Å²) < 4.78 is 5.09. The Balaban J connectivity index is 1.95. The number of ether oxygens (including phenoxy) is 1. The van der Waals surface area contributed by atoms with E-state index in [2.05, 4.69) is 55.5 Å². The molecule has 0 aliphatic heterocycles. The molecule has 0 aliphatic rings. The maximum absolute atomic E-state index is 10.9. The highest BCUT2D eigenvalue weighted by molar-refractivity contribution is 5.65. The maximum Gasteiger partial charge on any atom is 0.302 e. The molecule has 0 aromatic heterocycles. The maximum atomic E-state index is 10.9. The van der Waals surface area contributed by atoms with Gasteiger partial charge in [0.2, 0.25) is 0 Å². The fourth-order valence-electron chi connectivity index (χ4n) is 2.33. The molecule has 110 valence electrons. The third-order valence-electron chi connectivity index (χ3n) is 3.60. The lowest BCUT2D eigenvalue weighted by Gasteiger charge is -2.13. The first-order valence-corrected chi connectivity index (χ1v) is 7.41. The van der Waals surface area contributed by atoms with Gasteiger partial charge in [0.05, 0.1) is 6.61 Å². The van der Waals surface area contributed by atoms with E-state index in [1.54, 1.807) is 0 Å². The third-order valence-corrected chi connectivity index (χ3v) is 3.60. The first-order chi connectivity index (χ1) is 10.1. The van der Waals surface area contributed by atoms with E-state index in [1.807, 2.05) is 6.07 Å². The molecule has 0 amide bonds. The lowest BCUT2D eigenvalue weighted by Crippen LogP contribution is -2.08. The highest BCUT2D eigenvalue weighted by atomic mass is 16.5. The molecule has 2 rings (SSSR count). The summed E-state index contributed by atoms with van der Waals surface area (Å²) in [6.07, 6.45) is 2.07. The van der Waals surface area contributed by atoms with E-state index in [0.29, 0.717) is 6.61 Å². The second-order valence-corrected chi connectivity index (χ2v) is 5.43. The summed E-state index contributed by atoms with van der Waals surface area (Å²) in [7, 11) is 0. The number of esters is 1. The van der Waals surface area contributed by atoms with Crippen LogP contribution in [0.25, 0.3) is 0 Å². The first kappa shape index (κ1) is 15.3. The topological polar surface area (TPSA) is 26.3 Å². The molecule has 2 nitrogen and oxygen atoms in total. The summed E-state index contributed by atoms with van der Waals surface area (Å²) in [6, 6.07) is 19.1. The molecular weight excluding hydrogens is 260 g/mol. The van der Waals surface area contributed by atoms with Crippen molar-refractivity contribution >= 4 is 5.97 Å². The lowest BCUT2D eigenvalue weighted by atomic mass is 9.97. The average molecular weight is 282 g/mol. The molecule has 0 fully saturated rings. The molecule has 2 aromatic rings. The van der Waals surface area contributed by atoms with Crippen molar-refractivity contribution < 1.29 is 9.53 Å². The minimum Gasteiger partial charge on any atom is -0.465 e. The Hall–Kier alpha value is -2.09. The number of rotatable bonds is 6. The minimum atomic E-state index is -0.220. The SMILES string of the molecule is CC(=O)OCC(C)c1cccc(CCc2ccccc2)c1. The van der Waals surface area contributed by atoms with Crippen LogP contribution in [0, 0.1) is 0 Å². The lowest BCUT2D eigenvalue weighted by molar-refractivity contribution is -0.141. The van der Waals surface area contributed by atoms with Gasteiger partial charge in [-0.05, 0) is 29.5 Å². The minimum absolute atomic E-state index is 0.220. The Bertz CT molecular complexity index is 575. The van der Waals surface area contributed by atoms with E-state index in [1.165, 1.54) is 23.6 Å². The molecule has 2 heteroatoms. The molecule has 0 bridgehead atoms. The fourth-order valence-corrected chi connectivity index (χ4v) is 2.33. The molecule has 0 aliphatic carbocycles. The average Bonchev–Trinajstić information content (AvgIpc) is 2.52. The first-order valence-electron chi connectivity index (χ1n) is 7.41. The molecule has 1 atom stereocenters. The Kier molecular flexibility index (Phi) is 5.56. The van der Waals surface area contributed by atoms with Crippen molar-refractivity contribution in [2.24, 2.45) is 0 Å². The summed E-state index contributed by atoms with van der Waals surface area (Å²) in [5.41, 5.74) is 3.91. The van der Waals surface area contributed by atoms with Gasteiger partial charge in [-0.2, -0.15) is 0 Å². The number of hydrogen-bond acceptors (Lipinski definition) is 2. The zero-order valence-electron chi connectivity index (χ0n) is 12.7. The molecular formula is C19H22O2. The van der Waals surface area contributed by atoms with E-state index in [9.17, 15) is 4.79 Å². The normalized spacial score (nSPS) is 11.9. The van der Waals surface area contributed by atoms with Gasteiger partial charge in [-0.1, -0.05) is 61.5 Å². The number of benzene rings is 2. The van der Waals surface area contributed by atoms with Gasteiger partial charge in [0.1, 0.15) is 0 Å². The highest BCUT2D eigenvalue weighted by Gasteiger charge is 2.08. The molecule has 0 heterocycles. The largest absolute Gasteiger partial charge is 0.465 e. The van der Waals surface area contributed by atoms with Gasteiger partial charge in [0, 0.05) is 12.8 Å². The van der Waals surface area contributed by atoms with Crippen LogP contribution in [0.15, 0.2) is 54.6 Å². The zero-order valence-corrected chi connectivity index (χ0v) is 12.7. The summed E-state index contributed by atoms with van der Waals surface area (Å²) >= 11 is 0.